The van der Waals surface area contributed by atoms with Crippen LogP contribution < -0.4 is 16.7 Å². The van der Waals surface area contributed by atoms with Crippen LogP contribution in [0.2, 0.25) is 0 Å². The quantitative estimate of drug-likeness (QED) is 0.423. The fraction of sp³-hybridized carbons (Fsp3) is 0. The van der Waals surface area contributed by atoms with Gasteiger partial charge in [-0.05, 0) is 18.2 Å². The summed E-state index contributed by atoms with van der Waals surface area (Å²) >= 11 is 0. The molecule has 9 nitrogen and oxygen atoms in total. The zero-order valence-corrected chi connectivity index (χ0v) is 13.1. The largest absolute Gasteiger partial charge is 0.352 e. The molecule has 0 aliphatic rings. The monoisotopic (exact) mass is 307 g/mol. The minimum absolute atomic E-state index is 0. The van der Waals surface area contributed by atoms with Crippen molar-refractivity contribution in [2.24, 2.45) is 0 Å². The number of aromatic nitrogens is 3. The van der Waals surface area contributed by atoms with Gasteiger partial charge in [0.2, 0.25) is 5.95 Å². The smallest absolute Gasteiger partial charge is 0.325 e. The van der Waals surface area contributed by atoms with E-state index in [1.165, 1.54) is 18.2 Å². The molecule has 0 saturated heterocycles. The van der Waals surface area contributed by atoms with Crippen LogP contribution in [0.15, 0.2) is 38.8 Å². The van der Waals surface area contributed by atoms with E-state index in [1.807, 2.05) is 4.98 Å². The van der Waals surface area contributed by atoms with Crippen molar-refractivity contribution in [1.29, 1.82) is 0 Å². The summed E-state index contributed by atoms with van der Waals surface area (Å²) in [6.07, 6.45) is 0. The summed E-state index contributed by atoms with van der Waals surface area (Å²) in [7, 11) is -4.33. The average Bonchev–Trinajstić information content (AvgIpc) is 2.26. The molecule has 1 heterocycles. The van der Waals surface area contributed by atoms with E-state index in [1.54, 1.807) is 0 Å². The van der Waals surface area contributed by atoms with E-state index in [0.29, 0.717) is 0 Å². The first-order valence-electron chi connectivity index (χ1n) is 4.90. The van der Waals surface area contributed by atoms with Crippen LogP contribution in [0.5, 0.6) is 0 Å². The Kier molecular flexibility index (Phi) is 5.25. The first-order valence-corrected chi connectivity index (χ1v) is 6.34. The second kappa shape index (κ2) is 6.33. The molecule has 0 saturated carbocycles. The Hall–Kier alpha value is -1.46. The molecular weight excluding hydrogens is 299 g/mol. The van der Waals surface area contributed by atoms with Gasteiger partial charge in [0.15, 0.2) is 0 Å². The van der Waals surface area contributed by atoms with Crippen LogP contribution in [-0.4, -0.2) is 57.5 Å². The van der Waals surface area contributed by atoms with Crippen LogP contribution in [0.25, 0.3) is 0 Å². The van der Waals surface area contributed by atoms with E-state index in [0.717, 1.165) is 6.07 Å². The topological polar surface area (TPSA) is 145 Å². The zero-order valence-electron chi connectivity index (χ0n) is 10.2. The van der Waals surface area contributed by atoms with Crippen LogP contribution in [-0.2, 0) is 10.1 Å². The molecule has 1 aromatic carbocycles. The number of rotatable bonds is 3. The number of hydrogen-bond donors (Lipinski definition) is 4. The number of nitrogens with one attached hydrogen (secondary N) is 3. The molecule has 0 unspecified atom stereocenters. The van der Waals surface area contributed by atoms with Gasteiger partial charge in [-0.1, -0.05) is 6.07 Å². The van der Waals surface area contributed by atoms with Gasteiger partial charge >= 0.3 is 11.4 Å². The Labute approximate surface area is 134 Å². The van der Waals surface area contributed by atoms with E-state index in [2.05, 4.69) is 15.3 Å². The van der Waals surface area contributed by atoms with E-state index in [-0.39, 0.29) is 46.1 Å². The van der Waals surface area contributed by atoms with Crippen molar-refractivity contribution < 1.29 is 13.0 Å². The Bertz CT molecular complexity index is 800. The zero-order chi connectivity index (χ0) is 14.0. The number of hydrogen-bond acceptors (Lipinski definition) is 6. The molecule has 11 heteroatoms. The molecule has 0 aliphatic heterocycles. The van der Waals surface area contributed by atoms with Gasteiger partial charge < -0.3 is 5.32 Å². The Balaban J connectivity index is 0.00000200. The third kappa shape index (κ3) is 4.28. The predicted molar refractivity (Wildman–Crippen MR) is 70.8 cm³/mol. The summed E-state index contributed by atoms with van der Waals surface area (Å²) in [6, 6.07) is 5.15. The van der Waals surface area contributed by atoms with Gasteiger partial charge in [0, 0.05) is 35.2 Å². The van der Waals surface area contributed by atoms with Gasteiger partial charge in [-0.25, -0.2) is 9.59 Å². The summed E-state index contributed by atoms with van der Waals surface area (Å²) in [5, 5.41) is 2.54. The van der Waals surface area contributed by atoms with Crippen LogP contribution in [0.4, 0.5) is 11.6 Å². The molecule has 0 spiro atoms. The molecular formula is C9H8N4NaO5S. The summed E-state index contributed by atoms with van der Waals surface area (Å²) in [5.41, 5.74) is -1.38. The number of H-pyrrole nitrogens is 2. The Morgan fingerprint density at radius 2 is 1.90 bits per heavy atom. The van der Waals surface area contributed by atoms with Crippen molar-refractivity contribution in [3.8, 4) is 0 Å². The number of aromatic amines is 2. The van der Waals surface area contributed by atoms with Crippen LogP contribution >= 0.6 is 0 Å². The van der Waals surface area contributed by atoms with Crippen molar-refractivity contribution in [2.75, 3.05) is 5.32 Å². The second-order valence-electron chi connectivity index (χ2n) is 3.47. The van der Waals surface area contributed by atoms with Gasteiger partial charge in [0.25, 0.3) is 10.1 Å². The molecule has 20 heavy (non-hydrogen) atoms. The minimum atomic E-state index is -4.33. The molecule has 101 valence electrons. The summed E-state index contributed by atoms with van der Waals surface area (Å²) < 4.78 is 30.8. The maximum Gasteiger partial charge on any atom is 0.352 e. The van der Waals surface area contributed by atoms with Crippen molar-refractivity contribution in [3.63, 3.8) is 0 Å². The van der Waals surface area contributed by atoms with Gasteiger partial charge in [-0.3, -0.25) is 14.5 Å². The maximum absolute atomic E-state index is 11.0. The molecule has 0 aliphatic carbocycles. The summed E-state index contributed by atoms with van der Waals surface area (Å²) in [6.45, 7) is 0. The molecule has 2 aromatic rings. The molecule has 1 aromatic heterocycles. The van der Waals surface area contributed by atoms with Crippen molar-refractivity contribution in [3.05, 3.63) is 45.2 Å². The Morgan fingerprint density at radius 3 is 2.50 bits per heavy atom. The first-order chi connectivity index (χ1) is 8.84. The van der Waals surface area contributed by atoms with Crippen molar-refractivity contribution >= 4 is 51.3 Å². The van der Waals surface area contributed by atoms with Gasteiger partial charge in [-0.15, -0.1) is 0 Å². The standard InChI is InChI=1S/C9H8N4O5S.Na/c14-8-11-7(12-9(15)13-8)10-5-2-1-3-6(4-5)19(16,17)18;/h1-4H,(H,16,17,18)(H3,10,11,12,13,14,15);. The molecule has 4 N–H and O–H groups in total. The first kappa shape index (κ1) is 16.6. The number of benzene rings is 1. The molecule has 2 rings (SSSR count). The minimum Gasteiger partial charge on any atom is -0.325 e. The van der Waals surface area contributed by atoms with E-state index in [9.17, 15) is 18.0 Å². The molecule has 1 radical (unpaired) electrons. The van der Waals surface area contributed by atoms with E-state index in [4.69, 9.17) is 4.55 Å². The fourth-order valence-corrected chi connectivity index (χ4v) is 1.85. The van der Waals surface area contributed by atoms with E-state index < -0.39 is 21.5 Å². The number of anilines is 2. The van der Waals surface area contributed by atoms with Crippen LogP contribution in [0.1, 0.15) is 0 Å². The molecule has 0 amide bonds. The predicted octanol–water partition coefficient (Wildman–Crippen LogP) is -0.932. The van der Waals surface area contributed by atoms with Gasteiger partial charge in [-0.2, -0.15) is 13.4 Å². The summed E-state index contributed by atoms with van der Waals surface area (Å²) in [5.74, 6) is -0.152. The van der Waals surface area contributed by atoms with Gasteiger partial charge in [0.1, 0.15) is 0 Å². The fourth-order valence-electron chi connectivity index (χ4n) is 1.32. The molecule has 0 atom stereocenters. The third-order valence-electron chi connectivity index (χ3n) is 2.06. The normalized spacial score (nSPS) is 10.7. The summed E-state index contributed by atoms with van der Waals surface area (Å²) in [4.78, 5) is 29.2. The van der Waals surface area contributed by atoms with Gasteiger partial charge in [0.05, 0.1) is 4.90 Å². The van der Waals surface area contributed by atoms with Crippen molar-refractivity contribution in [1.82, 2.24) is 15.0 Å². The SMILES string of the molecule is O=c1nc(Nc2cccc(S(=O)(=O)O)c2)[nH]c(=O)[nH]1.[Na]. The van der Waals surface area contributed by atoms with Crippen LogP contribution in [0.3, 0.4) is 0 Å². The average molecular weight is 307 g/mol. The Morgan fingerprint density at radius 1 is 1.20 bits per heavy atom. The second-order valence-corrected chi connectivity index (χ2v) is 4.89. The molecule has 0 fully saturated rings. The van der Waals surface area contributed by atoms with E-state index >= 15 is 0 Å². The third-order valence-corrected chi connectivity index (χ3v) is 2.91. The van der Waals surface area contributed by atoms with Crippen LogP contribution in [0, 0.1) is 0 Å². The molecule has 0 bridgehead atoms. The number of nitrogens with zero attached hydrogens (tertiary/aromatic N) is 1. The van der Waals surface area contributed by atoms with Crippen molar-refractivity contribution in [2.45, 2.75) is 4.90 Å². The maximum atomic E-state index is 11.0.